The molecule has 0 radical (unpaired) electrons. The zero-order valence-electron chi connectivity index (χ0n) is 15.8. The van der Waals surface area contributed by atoms with Crippen LogP contribution in [0.15, 0.2) is 24.3 Å². The second-order valence-corrected chi connectivity index (χ2v) is 7.14. The first-order valence-corrected chi connectivity index (χ1v) is 9.67. The lowest BCUT2D eigenvalue weighted by atomic mass is 9.98. The molecule has 1 atom stereocenters. The van der Waals surface area contributed by atoms with E-state index >= 15 is 0 Å². The SMILES string of the molecule is CC(CC(=O)Nc1ccccc1C(F)(F)F)NCCCOC1CCCCC1. The van der Waals surface area contributed by atoms with Crippen LogP contribution >= 0.6 is 0 Å². The predicted octanol–water partition coefficient (Wildman–Crippen LogP) is 4.75. The second kappa shape index (κ2) is 10.7. The number of rotatable bonds is 9. The molecule has 0 aliphatic heterocycles. The number of halogens is 3. The molecule has 0 spiro atoms. The topological polar surface area (TPSA) is 50.4 Å². The van der Waals surface area contributed by atoms with Crippen LogP contribution in [0.2, 0.25) is 0 Å². The van der Waals surface area contributed by atoms with Crippen molar-refractivity contribution in [1.29, 1.82) is 0 Å². The van der Waals surface area contributed by atoms with Gasteiger partial charge in [-0.25, -0.2) is 0 Å². The number of hydrogen-bond acceptors (Lipinski definition) is 3. The van der Waals surface area contributed by atoms with Crippen molar-refractivity contribution in [3.05, 3.63) is 29.8 Å². The molecule has 2 N–H and O–H groups in total. The van der Waals surface area contributed by atoms with Gasteiger partial charge in [0.25, 0.3) is 0 Å². The van der Waals surface area contributed by atoms with Gasteiger partial charge in [-0.3, -0.25) is 4.79 Å². The first-order chi connectivity index (χ1) is 12.9. The summed E-state index contributed by atoms with van der Waals surface area (Å²) in [4.78, 5) is 12.1. The lowest BCUT2D eigenvalue weighted by Crippen LogP contribution is -2.32. The standard InChI is InChI=1S/C20H29F3N2O2/c1-15(24-12-7-13-27-16-8-3-2-4-9-16)14-19(26)25-18-11-6-5-10-17(18)20(21,22)23/h5-6,10-11,15-16,24H,2-4,7-9,12-14H2,1H3,(H,25,26). The second-order valence-electron chi connectivity index (χ2n) is 7.14. The average Bonchev–Trinajstić information content (AvgIpc) is 2.61. The minimum atomic E-state index is -4.49. The number of anilines is 1. The fourth-order valence-corrected chi connectivity index (χ4v) is 3.29. The Morgan fingerprint density at radius 1 is 1.22 bits per heavy atom. The van der Waals surface area contributed by atoms with E-state index in [9.17, 15) is 18.0 Å². The summed E-state index contributed by atoms with van der Waals surface area (Å²) in [5, 5.41) is 5.59. The van der Waals surface area contributed by atoms with E-state index in [2.05, 4.69) is 10.6 Å². The van der Waals surface area contributed by atoms with Gasteiger partial charge in [-0.15, -0.1) is 0 Å². The van der Waals surface area contributed by atoms with E-state index in [1.807, 2.05) is 6.92 Å². The molecular weight excluding hydrogens is 357 g/mol. The summed E-state index contributed by atoms with van der Waals surface area (Å²) in [5.74, 6) is -0.440. The monoisotopic (exact) mass is 386 g/mol. The first-order valence-electron chi connectivity index (χ1n) is 9.67. The number of nitrogens with one attached hydrogen (secondary N) is 2. The van der Waals surface area contributed by atoms with Gasteiger partial charge in [-0.1, -0.05) is 31.4 Å². The van der Waals surface area contributed by atoms with E-state index in [1.54, 1.807) is 0 Å². The van der Waals surface area contributed by atoms with Crippen LogP contribution < -0.4 is 10.6 Å². The van der Waals surface area contributed by atoms with E-state index in [1.165, 1.54) is 37.5 Å². The highest BCUT2D eigenvalue weighted by Crippen LogP contribution is 2.34. The highest BCUT2D eigenvalue weighted by molar-refractivity contribution is 5.92. The molecule has 1 amide bonds. The number of amides is 1. The van der Waals surface area contributed by atoms with Gasteiger partial charge in [0.05, 0.1) is 17.4 Å². The number of ether oxygens (including phenoxy) is 1. The number of carbonyl (C=O) groups is 1. The van der Waals surface area contributed by atoms with Crippen LogP contribution in [0, 0.1) is 0 Å². The van der Waals surface area contributed by atoms with Crippen molar-refractivity contribution >= 4 is 11.6 Å². The van der Waals surface area contributed by atoms with Crippen LogP contribution in [0.5, 0.6) is 0 Å². The molecule has 1 unspecified atom stereocenters. The number of para-hydroxylation sites is 1. The Bertz CT molecular complexity index is 587. The van der Waals surface area contributed by atoms with Gasteiger partial charge >= 0.3 is 6.18 Å². The van der Waals surface area contributed by atoms with Crippen LogP contribution in [0.1, 0.15) is 57.4 Å². The summed E-state index contributed by atoms with van der Waals surface area (Å²) >= 11 is 0. The third-order valence-corrected chi connectivity index (χ3v) is 4.72. The van der Waals surface area contributed by atoms with Gasteiger partial charge in [0.15, 0.2) is 0 Å². The van der Waals surface area contributed by atoms with Gasteiger partial charge in [-0.2, -0.15) is 13.2 Å². The molecule has 0 saturated heterocycles. The minimum Gasteiger partial charge on any atom is -0.378 e. The van der Waals surface area contributed by atoms with Crippen LogP contribution in [0.4, 0.5) is 18.9 Å². The Morgan fingerprint density at radius 3 is 2.63 bits per heavy atom. The zero-order valence-corrected chi connectivity index (χ0v) is 15.8. The van der Waals surface area contributed by atoms with Gasteiger partial charge in [0.2, 0.25) is 5.91 Å². The average molecular weight is 386 g/mol. The van der Waals surface area contributed by atoms with Gasteiger partial charge in [0.1, 0.15) is 0 Å². The van der Waals surface area contributed by atoms with E-state index in [-0.39, 0.29) is 18.2 Å². The normalized spacial score (nSPS) is 16.9. The lowest BCUT2D eigenvalue weighted by Gasteiger charge is -2.22. The lowest BCUT2D eigenvalue weighted by molar-refractivity contribution is -0.137. The molecule has 1 aromatic rings. The van der Waals surface area contributed by atoms with Crippen molar-refractivity contribution in [2.75, 3.05) is 18.5 Å². The summed E-state index contributed by atoms with van der Waals surface area (Å²) < 4.78 is 44.7. The van der Waals surface area contributed by atoms with Crippen LogP contribution in [0.25, 0.3) is 0 Å². The minimum absolute atomic E-state index is 0.107. The molecular formula is C20H29F3N2O2. The highest BCUT2D eigenvalue weighted by atomic mass is 19.4. The number of benzene rings is 1. The fourth-order valence-electron chi connectivity index (χ4n) is 3.29. The molecule has 1 aromatic carbocycles. The molecule has 1 aliphatic rings. The molecule has 7 heteroatoms. The molecule has 0 heterocycles. The molecule has 152 valence electrons. The number of hydrogen-bond donors (Lipinski definition) is 2. The molecule has 0 bridgehead atoms. The van der Waals surface area contributed by atoms with Gasteiger partial charge in [0, 0.05) is 19.1 Å². The zero-order chi connectivity index (χ0) is 19.7. The van der Waals surface area contributed by atoms with Crippen molar-refractivity contribution in [2.45, 2.75) is 70.2 Å². The Morgan fingerprint density at radius 2 is 1.93 bits per heavy atom. The molecule has 2 rings (SSSR count). The molecule has 4 nitrogen and oxygen atoms in total. The van der Waals surface area contributed by atoms with Crippen LogP contribution in [0.3, 0.4) is 0 Å². The van der Waals surface area contributed by atoms with Crippen LogP contribution in [-0.2, 0) is 15.7 Å². The number of alkyl halides is 3. The van der Waals surface area contributed by atoms with Crippen molar-refractivity contribution in [2.24, 2.45) is 0 Å². The third-order valence-electron chi connectivity index (χ3n) is 4.72. The Hall–Kier alpha value is -1.60. The molecule has 1 aliphatic carbocycles. The van der Waals surface area contributed by atoms with Crippen molar-refractivity contribution in [3.8, 4) is 0 Å². The Balaban J connectivity index is 1.65. The fraction of sp³-hybridized carbons (Fsp3) is 0.650. The first kappa shape index (κ1) is 21.7. The Kier molecular flexibility index (Phi) is 8.57. The van der Waals surface area contributed by atoms with Gasteiger partial charge < -0.3 is 15.4 Å². The van der Waals surface area contributed by atoms with E-state index in [0.717, 1.165) is 25.3 Å². The van der Waals surface area contributed by atoms with E-state index in [0.29, 0.717) is 19.3 Å². The summed E-state index contributed by atoms with van der Waals surface area (Å²) in [6, 6.07) is 4.87. The van der Waals surface area contributed by atoms with Gasteiger partial charge in [-0.05, 0) is 44.9 Å². The molecule has 27 heavy (non-hydrogen) atoms. The molecule has 1 saturated carbocycles. The summed E-state index contributed by atoms with van der Waals surface area (Å²) in [6.07, 6.45) is 2.91. The number of carbonyl (C=O) groups excluding carboxylic acids is 1. The maximum atomic E-state index is 13.0. The van der Waals surface area contributed by atoms with E-state index < -0.39 is 17.6 Å². The van der Waals surface area contributed by atoms with Crippen LogP contribution in [-0.4, -0.2) is 31.2 Å². The molecule has 0 aromatic heterocycles. The summed E-state index contributed by atoms with van der Waals surface area (Å²) in [5.41, 5.74) is -1.04. The largest absolute Gasteiger partial charge is 0.418 e. The van der Waals surface area contributed by atoms with Crippen molar-refractivity contribution in [1.82, 2.24) is 5.32 Å². The predicted molar refractivity (Wildman–Crippen MR) is 99.6 cm³/mol. The quantitative estimate of drug-likeness (QED) is 0.602. The maximum absolute atomic E-state index is 13.0. The van der Waals surface area contributed by atoms with Crippen molar-refractivity contribution in [3.63, 3.8) is 0 Å². The van der Waals surface area contributed by atoms with E-state index in [4.69, 9.17) is 4.74 Å². The maximum Gasteiger partial charge on any atom is 0.418 e. The highest BCUT2D eigenvalue weighted by Gasteiger charge is 2.33. The summed E-state index contributed by atoms with van der Waals surface area (Å²) in [7, 11) is 0. The smallest absolute Gasteiger partial charge is 0.378 e. The molecule has 1 fully saturated rings. The summed E-state index contributed by atoms with van der Waals surface area (Å²) in [6.45, 7) is 3.24. The van der Waals surface area contributed by atoms with Crippen molar-refractivity contribution < 1.29 is 22.7 Å². The third kappa shape index (κ3) is 7.89. The Labute approximate surface area is 158 Å².